The molecule has 0 spiro atoms. The molecule has 1 aromatic rings. The summed E-state index contributed by atoms with van der Waals surface area (Å²) in [7, 11) is 0. The molecule has 18 heavy (non-hydrogen) atoms. The van der Waals surface area contributed by atoms with Crippen molar-refractivity contribution in [3.05, 3.63) is 35.9 Å². The van der Waals surface area contributed by atoms with Gasteiger partial charge in [-0.3, -0.25) is 4.79 Å². The molecule has 0 aliphatic carbocycles. The molecular weight excluding hydrogens is 226 g/mol. The van der Waals surface area contributed by atoms with Gasteiger partial charge in [-0.05, 0) is 12.0 Å². The largest absolute Gasteiger partial charge is 0.351 e. The topological polar surface area (TPSA) is 64.9 Å². The van der Waals surface area contributed by atoms with Crippen LogP contribution in [0.5, 0.6) is 0 Å². The van der Waals surface area contributed by atoms with E-state index in [0.717, 1.165) is 12.0 Å². The summed E-state index contributed by atoms with van der Waals surface area (Å²) in [6, 6.07) is 12.1. The molecule has 0 bridgehead atoms. The Bertz CT molecular complexity index is 438. The van der Waals surface area contributed by atoms with Crippen molar-refractivity contribution in [1.82, 2.24) is 10.6 Å². The number of carbonyl (C=O) groups excluding carboxylic acids is 1. The fourth-order valence-corrected chi connectivity index (χ4v) is 2.15. The summed E-state index contributed by atoms with van der Waals surface area (Å²) >= 11 is 0. The summed E-state index contributed by atoms with van der Waals surface area (Å²) in [5, 5.41) is 15.0. The summed E-state index contributed by atoms with van der Waals surface area (Å²) in [5.41, 5.74) is 1.16. The van der Waals surface area contributed by atoms with Crippen LogP contribution in [-0.2, 0) is 11.2 Å². The van der Waals surface area contributed by atoms with Gasteiger partial charge in [0, 0.05) is 19.5 Å². The maximum Gasteiger partial charge on any atom is 0.220 e. The number of nitrogens with zero attached hydrogens (tertiary/aromatic N) is 1. The van der Waals surface area contributed by atoms with Crippen LogP contribution < -0.4 is 10.6 Å². The molecule has 1 heterocycles. The van der Waals surface area contributed by atoms with Gasteiger partial charge in [0.1, 0.15) is 0 Å². The van der Waals surface area contributed by atoms with Gasteiger partial charge in [0.05, 0.1) is 18.0 Å². The van der Waals surface area contributed by atoms with Crippen molar-refractivity contribution in [3.63, 3.8) is 0 Å². The van der Waals surface area contributed by atoms with E-state index in [1.54, 1.807) is 0 Å². The molecule has 94 valence electrons. The molecule has 0 radical (unpaired) electrons. The zero-order valence-corrected chi connectivity index (χ0v) is 10.2. The van der Waals surface area contributed by atoms with Crippen molar-refractivity contribution in [3.8, 4) is 6.07 Å². The lowest BCUT2D eigenvalue weighted by molar-refractivity contribution is -0.121. The van der Waals surface area contributed by atoms with E-state index in [9.17, 15) is 4.79 Å². The van der Waals surface area contributed by atoms with E-state index in [0.29, 0.717) is 19.5 Å². The minimum absolute atomic E-state index is 0.0211. The van der Waals surface area contributed by atoms with Crippen molar-refractivity contribution in [1.29, 1.82) is 5.26 Å². The highest BCUT2D eigenvalue weighted by Crippen LogP contribution is 2.08. The first-order chi connectivity index (χ1) is 8.79. The molecule has 0 aromatic heterocycles. The Morgan fingerprint density at radius 3 is 2.89 bits per heavy atom. The predicted octanol–water partition coefficient (Wildman–Crippen LogP) is 0.847. The summed E-state index contributed by atoms with van der Waals surface area (Å²) < 4.78 is 0. The van der Waals surface area contributed by atoms with Crippen molar-refractivity contribution < 1.29 is 4.79 Å². The number of aryl methyl sites for hydroxylation is 1. The third-order valence-corrected chi connectivity index (χ3v) is 3.21. The lowest BCUT2D eigenvalue weighted by Gasteiger charge is -2.14. The van der Waals surface area contributed by atoms with E-state index in [1.807, 2.05) is 30.3 Å². The Labute approximate surface area is 107 Å². The van der Waals surface area contributed by atoms with Gasteiger partial charge < -0.3 is 10.6 Å². The molecule has 2 atom stereocenters. The van der Waals surface area contributed by atoms with Crippen LogP contribution in [0.4, 0.5) is 0 Å². The zero-order valence-electron chi connectivity index (χ0n) is 10.2. The van der Waals surface area contributed by atoms with Gasteiger partial charge in [0.25, 0.3) is 0 Å². The first-order valence-electron chi connectivity index (χ1n) is 6.23. The van der Waals surface area contributed by atoms with Gasteiger partial charge in [-0.1, -0.05) is 30.3 Å². The molecule has 0 saturated carbocycles. The third kappa shape index (κ3) is 3.31. The summed E-state index contributed by atoms with van der Waals surface area (Å²) in [6.45, 7) is 1.36. The Morgan fingerprint density at radius 2 is 2.17 bits per heavy atom. The van der Waals surface area contributed by atoms with Crippen LogP contribution in [0, 0.1) is 17.2 Å². The summed E-state index contributed by atoms with van der Waals surface area (Å²) in [6.07, 6.45) is 1.21. The van der Waals surface area contributed by atoms with E-state index >= 15 is 0 Å². The van der Waals surface area contributed by atoms with Crippen LogP contribution in [0.25, 0.3) is 0 Å². The average molecular weight is 243 g/mol. The fourth-order valence-electron chi connectivity index (χ4n) is 2.15. The second-order valence-corrected chi connectivity index (χ2v) is 4.55. The van der Waals surface area contributed by atoms with Crippen LogP contribution in [-0.4, -0.2) is 25.0 Å². The highest BCUT2D eigenvalue weighted by Gasteiger charge is 2.27. The van der Waals surface area contributed by atoms with E-state index in [-0.39, 0.29) is 17.9 Å². The number of nitriles is 1. The summed E-state index contributed by atoms with van der Waals surface area (Å²) in [4.78, 5) is 11.8. The number of carbonyl (C=O) groups is 1. The van der Waals surface area contributed by atoms with Gasteiger partial charge in [0.2, 0.25) is 5.91 Å². The van der Waals surface area contributed by atoms with E-state index < -0.39 is 0 Å². The highest BCUT2D eigenvalue weighted by atomic mass is 16.1. The minimum Gasteiger partial charge on any atom is -0.351 e. The molecular formula is C14H17N3O. The Morgan fingerprint density at radius 1 is 1.39 bits per heavy atom. The number of amides is 1. The number of nitrogens with one attached hydrogen (secondary N) is 2. The van der Waals surface area contributed by atoms with E-state index in [1.165, 1.54) is 0 Å². The molecule has 2 rings (SSSR count). The van der Waals surface area contributed by atoms with Gasteiger partial charge in [0.15, 0.2) is 0 Å². The van der Waals surface area contributed by atoms with E-state index in [2.05, 4.69) is 16.7 Å². The molecule has 1 fully saturated rings. The highest BCUT2D eigenvalue weighted by molar-refractivity contribution is 5.76. The first-order valence-corrected chi connectivity index (χ1v) is 6.23. The molecule has 4 heteroatoms. The number of hydrogen-bond acceptors (Lipinski definition) is 3. The average Bonchev–Trinajstić information content (AvgIpc) is 2.85. The van der Waals surface area contributed by atoms with Gasteiger partial charge >= 0.3 is 0 Å². The summed E-state index contributed by atoms with van der Waals surface area (Å²) in [5.74, 6) is -0.0847. The maximum absolute atomic E-state index is 11.8. The molecule has 1 aliphatic heterocycles. The monoisotopic (exact) mass is 243 g/mol. The molecule has 2 unspecified atom stereocenters. The van der Waals surface area contributed by atoms with Gasteiger partial charge in [-0.25, -0.2) is 0 Å². The zero-order chi connectivity index (χ0) is 12.8. The quantitative estimate of drug-likeness (QED) is 0.824. The van der Waals surface area contributed by atoms with Crippen LogP contribution in [0.2, 0.25) is 0 Å². The predicted molar refractivity (Wildman–Crippen MR) is 68.7 cm³/mol. The molecule has 1 aliphatic rings. The van der Waals surface area contributed by atoms with Crippen molar-refractivity contribution in [2.75, 3.05) is 13.1 Å². The molecule has 2 N–H and O–H groups in total. The Balaban J connectivity index is 1.77. The van der Waals surface area contributed by atoms with Crippen LogP contribution >= 0.6 is 0 Å². The molecule has 1 amide bonds. The number of rotatable bonds is 4. The molecule has 4 nitrogen and oxygen atoms in total. The Hall–Kier alpha value is -1.86. The van der Waals surface area contributed by atoms with Crippen LogP contribution in [0.3, 0.4) is 0 Å². The smallest absolute Gasteiger partial charge is 0.220 e. The standard InChI is InChI=1S/C14H17N3O/c15-8-12-9-16-10-13(12)17-14(18)7-6-11-4-2-1-3-5-11/h1-5,12-13,16H,6-7,9-10H2,(H,17,18). The van der Waals surface area contributed by atoms with Crippen molar-refractivity contribution in [2.45, 2.75) is 18.9 Å². The lowest BCUT2D eigenvalue weighted by Crippen LogP contribution is -2.40. The fraction of sp³-hybridized carbons (Fsp3) is 0.429. The maximum atomic E-state index is 11.8. The second kappa shape index (κ2) is 6.18. The Kier molecular flexibility index (Phi) is 4.32. The lowest BCUT2D eigenvalue weighted by atomic mass is 10.1. The normalized spacial score (nSPS) is 22.4. The van der Waals surface area contributed by atoms with Crippen LogP contribution in [0.15, 0.2) is 30.3 Å². The van der Waals surface area contributed by atoms with E-state index in [4.69, 9.17) is 5.26 Å². The number of benzene rings is 1. The number of hydrogen-bond donors (Lipinski definition) is 2. The van der Waals surface area contributed by atoms with Gasteiger partial charge in [-0.15, -0.1) is 0 Å². The third-order valence-electron chi connectivity index (χ3n) is 3.21. The van der Waals surface area contributed by atoms with Crippen molar-refractivity contribution >= 4 is 5.91 Å². The van der Waals surface area contributed by atoms with Gasteiger partial charge in [-0.2, -0.15) is 5.26 Å². The first kappa shape index (κ1) is 12.6. The molecule has 1 aromatic carbocycles. The second-order valence-electron chi connectivity index (χ2n) is 4.55. The SMILES string of the molecule is N#CC1CNCC1NC(=O)CCc1ccccc1. The molecule has 1 saturated heterocycles. The minimum atomic E-state index is -0.106. The van der Waals surface area contributed by atoms with Crippen LogP contribution in [0.1, 0.15) is 12.0 Å². The van der Waals surface area contributed by atoms with Crippen molar-refractivity contribution in [2.24, 2.45) is 5.92 Å².